The molecule has 0 aromatic carbocycles. The molecule has 1 N–H and O–H groups in total. The summed E-state index contributed by atoms with van der Waals surface area (Å²) in [5.41, 5.74) is 0. The van der Waals surface area contributed by atoms with E-state index < -0.39 is 15.8 Å². The quantitative estimate of drug-likeness (QED) is 0.365. The fourth-order valence-corrected chi connectivity index (χ4v) is 7.57. The second-order valence-electron chi connectivity index (χ2n) is 8.54. The molecular formula is C20H30O6S. The van der Waals surface area contributed by atoms with E-state index in [2.05, 4.69) is 6.08 Å². The molecule has 27 heavy (non-hydrogen) atoms. The van der Waals surface area contributed by atoms with E-state index in [1.807, 2.05) is 6.08 Å². The lowest BCUT2D eigenvalue weighted by Gasteiger charge is -2.28. The number of carboxylic acid groups (broad SMARTS) is 1. The highest BCUT2D eigenvalue weighted by Gasteiger charge is 2.69. The topological polar surface area (TPSA) is 93.2 Å². The minimum Gasteiger partial charge on any atom is -0.481 e. The Morgan fingerprint density at radius 2 is 1.63 bits per heavy atom. The summed E-state index contributed by atoms with van der Waals surface area (Å²) in [6.45, 7) is 0. The number of allylic oxidation sites excluding steroid dienone is 2. The van der Waals surface area contributed by atoms with E-state index in [-0.39, 0.29) is 53.7 Å². The third-order valence-corrected chi connectivity index (χ3v) is 9.08. The van der Waals surface area contributed by atoms with Gasteiger partial charge >= 0.3 is 5.97 Å². The summed E-state index contributed by atoms with van der Waals surface area (Å²) in [5, 5.41) is 8.51. The van der Waals surface area contributed by atoms with Gasteiger partial charge in [0.25, 0.3) is 0 Å². The normalized spacial score (nSPS) is 38.4. The molecule has 1 aliphatic carbocycles. The fourth-order valence-electron chi connectivity index (χ4n) is 5.28. The van der Waals surface area contributed by atoms with Crippen molar-refractivity contribution in [2.75, 3.05) is 5.75 Å². The highest BCUT2D eigenvalue weighted by atomic mass is 32.2. The lowest BCUT2D eigenvalue weighted by molar-refractivity contribution is -0.137. The Kier molecular flexibility index (Phi) is 5.63. The summed E-state index contributed by atoms with van der Waals surface area (Å²) in [6.07, 6.45) is 11.5. The first-order valence-electron chi connectivity index (χ1n) is 10.4. The number of carboxylic acids is 1. The molecule has 0 aromatic rings. The molecule has 3 saturated heterocycles. The number of aliphatic carboxylic acids is 1. The number of ether oxygens (including phenoxy) is 2. The van der Waals surface area contributed by atoms with Gasteiger partial charge < -0.3 is 14.6 Å². The van der Waals surface area contributed by atoms with Crippen LogP contribution in [0.5, 0.6) is 0 Å². The summed E-state index contributed by atoms with van der Waals surface area (Å²) < 4.78 is 37.8. The molecule has 6 nitrogen and oxygen atoms in total. The first-order valence-corrected chi connectivity index (χ1v) is 12.1. The largest absolute Gasteiger partial charge is 0.481 e. The van der Waals surface area contributed by atoms with E-state index >= 15 is 0 Å². The Morgan fingerprint density at radius 1 is 0.963 bits per heavy atom. The number of hydrogen-bond donors (Lipinski definition) is 1. The standard InChI is InChI=1S/C20H30O6S/c21-16(22)11-7-2-1-6-10-14-15(18-20-19(26-20)17(14)25-18)12-27(23,24)13-8-4-3-5-9-13/h1,6,13-15,17-20H,2-5,7-12H2,(H,21,22)/t14-,15+,17+,18-,19-,20+/m0/s1. The highest BCUT2D eigenvalue weighted by molar-refractivity contribution is 7.92. The van der Waals surface area contributed by atoms with Crippen molar-refractivity contribution >= 4 is 15.8 Å². The molecule has 4 aliphatic rings. The Labute approximate surface area is 161 Å². The fraction of sp³-hybridized carbons (Fsp3) is 0.850. The molecule has 3 heterocycles. The summed E-state index contributed by atoms with van der Waals surface area (Å²) in [7, 11) is -3.10. The lowest BCUT2D eigenvalue weighted by Crippen LogP contribution is -2.39. The zero-order chi connectivity index (χ0) is 19.0. The highest BCUT2D eigenvalue weighted by Crippen LogP contribution is 2.55. The molecule has 0 aromatic heterocycles. The summed E-state index contributed by atoms with van der Waals surface area (Å²) in [5.74, 6) is -0.333. The number of unbranched alkanes of at least 4 members (excludes halogenated alkanes) is 1. The van der Waals surface area contributed by atoms with Crippen molar-refractivity contribution in [3.8, 4) is 0 Å². The van der Waals surface area contributed by atoms with Gasteiger partial charge in [-0.15, -0.1) is 0 Å². The number of rotatable bonds is 9. The molecule has 3 aliphatic heterocycles. The van der Waals surface area contributed by atoms with Gasteiger partial charge in [0.2, 0.25) is 0 Å². The van der Waals surface area contributed by atoms with Gasteiger partial charge in [0.1, 0.15) is 12.2 Å². The van der Waals surface area contributed by atoms with Gasteiger partial charge in [-0.05, 0) is 38.0 Å². The predicted molar refractivity (Wildman–Crippen MR) is 100 cm³/mol. The number of fused-ring (bicyclic) bond motifs is 5. The average molecular weight is 399 g/mol. The van der Waals surface area contributed by atoms with E-state index in [1.165, 1.54) is 0 Å². The molecular weight excluding hydrogens is 368 g/mol. The van der Waals surface area contributed by atoms with E-state index in [0.717, 1.165) is 44.9 Å². The Hall–Kier alpha value is -0.920. The molecule has 4 fully saturated rings. The van der Waals surface area contributed by atoms with Crippen molar-refractivity contribution in [2.24, 2.45) is 11.8 Å². The van der Waals surface area contributed by atoms with Crippen LogP contribution in [-0.4, -0.2) is 54.9 Å². The Balaban J connectivity index is 1.36. The molecule has 7 heteroatoms. The van der Waals surface area contributed by atoms with E-state index in [1.54, 1.807) is 0 Å². The van der Waals surface area contributed by atoms with Gasteiger partial charge in [-0.25, -0.2) is 8.42 Å². The third kappa shape index (κ3) is 4.10. The maximum atomic E-state index is 13.0. The van der Waals surface area contributed by atoms with Crippen molar-refractivity contribution in [1.29, 1.82) is 0 Å². The molecule has 0 unspecified atom stereocenters. The van der Waals surface area contributed by atoms with Crippen LogP contribution in [0.25, 0.3) is 0 Å². The number of hydrogen-bond acceptors (Lipinski definition) is 5. The second-order valence-corrected chi connectivity index (χ2v) is 10.9. The second kappa shape index (κ2) is 7.84. The Bertz CT molecular complexity index is 681. The number of epoxide rings is 1. The number of carbonyl (C=O) groups is 1. The maximum Gasteiger partial charge on any atom is 0.303 e. The molecule has 0 amide bonds. The number of sulfone groups is 1. The third-order valence-electron chi connectivity index (χ3n) is 6.74. The van der Waals surface area contributed by atoms with Crippen LogP contribution in [0.2, 0.25) is 0 Å². The van der Waals surface area contributed by atoms with Crippen molar-refractivity contribution in [3.05, 3.63) is 12.2 Å². The molecule has 0 spiro atoms. The average Bonchev–Trinajstić information content (AvgIpc) is 3.27. The molecule has 2 bridgehead atoms. The van der Waals surface area contributed by atoms with Gasteiger partial charge in [-0.3, -0.25) is 4.79 Å². The SMILES string of the molecule is O=C(O)CCCC=CC[C@H]1[C@@H](CS(=O)(=O)C2CCCCC2)[C@@H]2O[C@H]1[C@@H]1O[C@@H]12. The molecule has 4 rings (SSSR count). The van der Waals surface area contributed by atoms with Crippen LogP contribution in [-0.2, 0) is 24.1 Å². The van der Waals surface area contributed by atoms with Gasteiger partial charge in [0.15, 0.2) is 9.84 Å². The zero-order valence-corrected chi connectivity index (χ0v) is 16.5. The predicted octanol–water partition coefficient (Wildman–Crippen LogP) is 2.72. The van der Waals surface area contributed by atoms with Gasteiger partial charge in [0.05, 0.1) is 23.2 Å². The zero-order valence-electron chi connectivity index (χ0n) is 15.7. The van der Waals surface area contributed by atoms with Crippen LogP contribution >= 0.6 is 0 Å². The summed E-state index contributed by atoms with van der Waals surface area (Å²) in [4.78, 5) is 10.6. The van der Waals surface area contributed by atoms with Gasteiger partial charge in [0, 0.05) is 12.3 Å². The van der Waals surface area contributed by atoms with E-state index in [0.29, 0.717) is 6.42 Å². The summed E-state index contributed by atoms with van der Waals surface area (Å²) in [6, 6.07) is 0. The van der Waals surface area contributed by atoms with Crippen LogP contribution in [0.4, 0.5) is 0 Å². The van der Waals surface area contributed by atoms with Gasteiger partial charge in [-0.1, -0.05) is 31.4 Å². The minimum absolute atomic E-state index is 0.0225. The van der Waals surface area contributed by atoms with Crippen LogP contribution in [0, 0.1) is 11.8 Å². The molecule has 152 valence electrons. The minimum atomic E-state index is -3.10. The molecule has 1 saturated carbocycles. The van der Waals surface area contributed by atoms with Crippen molar-refractivity contribution < 1.29 is 27.8 Å². The van der Waals surface area contributed by atoms with Crippen LogP contribution in [0.15, 0.2) is 12.2 Å². The van der Waals surface area contributed by atoms with Crippen molar-refractivity contribution in [2.45, 2.75) is 87.5 Å². The Morgan fingerprint density at radius 3 is 2.33 bits per heavy atom. The smallest absolute Gasteiger partial charge is 0.303 e. The van der Waals surface area contributed by atoms with Crippen molar-refractivity contribution in [3.63, 3.8) is 0 Å². The van der Waals surface area contributed by atoms with Gasteiger partial charge in [-0.2, -0.15) is 0 Å². The van der Waals surface area contributed by atoms with Crippen LogP contribution in [0.3, 0.4) is 0 Å². The van der Waals surface area contributed by atoms with E-state index in [9.17, 15) is 13.2 Å². The van der Waals surface area contributed by atoms with Crippen LogP contribution in [0.1, 0.15) is 57.8 Å². The lowest BCUT2D eigenvalue weighted by atomic mass is 9.78. The molecule has 6 atom stereocenters. The molecule has 0 radical (unpaired) electrons. The monoisotopic (exact) mass is 398 g/mol. The van der Waals surface area contributed by atoms with Crippen LogP contribution < -0.4 is 0 Å². The maximum absolute atomic E-state index is 13.0. The van der Waals surface area contributed by atoms with Crippen molar-refractivity contribution in [1.82, 2.24) is 0 Å². The van der Waals surface area contributed by atoms with E-state index in [4.69, 9.17) is 14.6 Å². The first kappa shape index (κ1) is 19.4. The first-order chi connectivity index (χ1) is 13.0. The summed E-state index contributed by atoms with van der Waals surface area (Å²) >= 11 is 0.